The molecular formula is C25H32F3N3O7. The van der Waals surface area contributed by atoms with Gasteiger partial charge in [-0.3, -0.25) is 29.4 Å². The summed E-state index contributed by atoms with van der Waals surface area (Å²) in [4.78, 5) is 62.4. The van der Waals surface area contributed by atoms with E-state index in [2.05, 4.69) is 26.1 Å². The maximum absolute atomic E-state index is 13.0. The third-order valence-electron chi connectivity index (χ3n) is 6.78. The Hall–Kier alpha value is -3.48. The molecule has 10 nitrogen and oxygen atoms in total. The third-order valence-corrected chi connectivity index (χ3v) is 6.78. The molecule has 1 aromatic rings. The first-order valence-corrected chi connectivity index (χ1v) is 11.6. The number of carboxylic acid groups (broad SMARTS) is 1. The summed E-state index contributed by atoms with van der Waals surface area (Å²) in [7, 11) is 4.32. The highest BCUT2D eigenvalue weighted by Gasteiger charge is 2.66. The van der Waals surface area contributed by atoms with Crippen LogP contribution in [0.15, 0.2) is 24.3 Å². The molecule has 3 amide bonds. The van der Waals surface area contributed by atoms with Crippen LogP contribution in [0.1, 0.15) is 43.6 Å². The first-order valence-electron chi connectivity index (χ1n) is 11.6. The number of nitrogens with one attached hydrogen (secondary N) is 1. The maximum atomic E-state index is 13.0. The van der Waals surface area contributed by atoms with E-state index in [0.717, 1.165) is 10.5 Å². The maximum Gasteiger partial charge on any atom is 0.490 e. The van der Waals surface area contributed by atoms with Gasteiger partial charge in [-0.05, 0) is 30.0 Å². The molecule has 0 aliphatic carbocycles. The number of hydrogen-bond acceptors (Lipinski definition) is 7. The number of fused-ring (bicyclic) bond motifs is 1. The average molecular weight is 544 g/mol. The number of nitrogens with zero attached hydrogens (tertiary/aromatic N) is 2. The van der Waals surface area contributed by atoms with Crippen LogP contribution in [-0.4, -0.2) is 90.1 Å². The topological polar surface area (TPSA) is 133 Å². The molecule has 2 N–H and O–H groups in total. The van der Waals surface area contributed by atoms with Crippen LogP contribution in [0.4, 0.5) is 13.2 Å². The fourth-order valence-electron chi connectivity index (χ4n) is 4.68. The molecule has 2 aliphatic heterocycles. The number of likely N-dealkylation sites (tertiary alicyclic amines) is 1. The van der Waals surface area contributed by atoms with Crippen LogP contribution in [0.2, 0.25) is 0 Å². The Bertz CT molecular complexity index is 1110. The number of aliphatic carboxylic acids is 1. The van der Waals surface area contributed by atoms with E-state index in [1.54, 1.807) is 26.1 Å². The van der Waals surface area contributed by atoms with Crippen LogP contribution in [0.5, 0.6) is 0 Å². The molecule has 0 saturated carbocycles. The SMILES string of the molecule is COC(=O)[C@]1(C)N[C@H](CN(C)C(=O)c2ccc(C(C)(C)C)cc2)[C@@H]2C(=O)N(C)C(=O)[C@@H]21.O=C(O)C(F)(F)F. The van der Waals surface area contributed by atoms with Crippen LogP contribution >= 0.6 is 0 Å². The molecule has 38 heavy (non-hydrogen) atoms. The monoisotopic (exact) mass is 543 g/mol. The van der Waals surface area contributed by atoms with E-state index in [4.69, 9.17) is 14.6 Å². The number of ether oxygens (including phenoxy) is 1. The van der Waals surface area contributed by atoms with Gasteiger partial charge in [0.2, 0.25) is 11.8 Å². The number of imide groups is 1. The summed E-state index contributed by atoms with van der Waals surface area (Å²) in [6.07, 6.45) is -5.08. The number of carbonyl (C=O) groups excluding carboxylic acids is 4. The fourth-order valence-corrected chi connectivity index (χ4v) is 4.68. The van der Waals surface area contributed by atoms with Crippen LogP contribution in [0, 0.1) is 11.8 Å². The molecular weight excluding hydrogens is 511 g/mol. The summed E-state index contributed by atoms with van der Waals surface area (Å²) in [6, 6.07) is 6.90. The van der Waals surface area contributed by atoms with Gasteiger partial charge in [0, 0.05) is 32.2 Å². The highest BCUT2D eigenvalue weighted by molar-refractivity contribution is 6.09. The molecule has 2 heterocycles. The lowest BCUT2D eigenvalue weighted by atomic mass is 9.81. The molecule has 210 valence electrons. The quantitative estimate of drug-likeness (QED) is 0.434. The zero-order valence-electron chi connectivity index (χ0n) is 22.2. The van der Waals surface area contributed by atoms with Crippen molar-refractivity contribution >= 4 is 29.7 Å². The Kier molecular flexibility index (Phi) is 8.67. The van der Waals surface area contributed by atoms with Gasteiger partial charge in [-0.15, -0.1) is 0 Å². The van der Waals surface area contributed by atoms with Gasteiger partial charge in [-0.25, -0.2) is 4.79 Å². The summed E-state index contributed by atoms with van der Waals surface area (Å²) in [5.74, 6) is -5.92. The van der Waals surface area contributed by atoms with Crippen LogP contribution < -0.4 is 5.32 Å². The summed E-state index contributed by atoms with van der Waals surface area (Å²) < 4.78 is 36.6. The number of methoxy groups -OCH3 is 1. The van der Waals surface area contributed by atoms with E-state index < -0.39 is 47.4 Å². The van der Waals surface area contributed by atoms with Crippen molar-refractivity contribution in [1.82, 2.24) is 15.1 Å². The minimum atomic E-state index is -5.08. The molecule has 1 aromatic carbocycles. The third kappa shape index (κ3) is 5.98. The molecule has 3 rings (SSSR count). The zero-order chi connectivity index (χ0) is 29.4. The molecule has 0 bridgehead atoms. The Balaban J connectivity index is 0.000000638. The van der Waals surface area contributed by atoms with Gasteiger partial charge in [0.25, 0.3) is 5.91 Å². The Morgan fingerprint density at radius 1 is 1.11 bits per heavy atom. The number of alkyl halides is 3. The lowest BCUT2D eigenvalue weighted by Gasteiger charge is -2.29. The van der Waals surface area contributed by atoms with Gasteiger partial charge in [-0.1, -0.05) is 32.9 Å². The number of benzene rings is 1. The van der Waals surface area contributed by atoms with Crippen molar-refractivity contribution in [3.8, 4) is 0 Å². The van der Waals surface area contributed by atoms with Crippen LogP contribution in [0.3, 0.4) is 0 Å². The number of amides is 3. The highest BCUT2D eigenvalue weighted by Crippen LogP contribution is 2.43. The van der Waals surface area contributed by atoms with Crippen molar-refractivity contribution in [1.29, 1.82) is 0 Å². The Labute approximate surface area is 218 Å². The standard InChI is InChI=1S/C23H31N3O5.C2HF3O2/c1-22(2,3)14-10-8-13(9-11-14)18(27)25(5)12-15-16-17(20(29)26(6)19(16)28)23(4,24-15)21(30)31-7;3-2(4,5)1(6)7/h8-11,15-17,24H,12H2,1-7H3;(H,6,7)/t15-,16+,17-,23-;/m1./s1. The molecule has 2 fully saturated rings. The largest absolute Gasteiger partial charge is 0.490 e. The predicted octanol–water partition coefficient (Wildman–Crippen LogP) is 1.82. The number of esters is 1. The van der Waals surface area contributed by atoms with Crippen molar-refractivity contribution in [2.24, 2.45) is 11.8 Å². The number of carboxylic acids is 1. The Morgan fingerprint density at radius 3 is 2.03 bits per heavy atom. The van der Waals surface area contributed by atoms with E-state index in [-0.39, 0.29) is 23.8 Å². The van der Waals surface area contributed by atoms with E-state index in [1.165, 1.54) is 19.1 Å². The number of hydrogen-bond donors (Lipinski definition) is 2. The number of halogens is 3. The molecule has 0 spiro atoms. The van der Waals surface area contributed by atoms with E-state index >= 15 is 0 Å². The summed E-state index contributed by atoms with van der Waals surface area (Å²) in [6.45, 7) is 8.06. The molecule has 2 aliphatic rings. The summed E-state index contributed by atoms with van der Waals surface area (Å²) in [5.41, 5.74) is 0.307. The second kappa shape index (κ2) is 10.7. The number of likely N-dealkylation sites (N-methyl/N-ethyl adjacent to an activating group) is 1. The Morgan fingerprint density at radius 2 is 1.61 bits per heavy atom. The lowest BCUT2D eigenvalue weighted by Crippen LogP contribution is -2.56. The van der Waals surface area contributed by atoms with Gasteiger partial charge in [-0.2, -0.15) is 13.2 Å². The van der Waals surface area contributed by atoms with Crippen molar-refractivity contribution in [3.05, 3.63) is 35.4 Å². The van der Waals surface area contributed by atoms with E-state index in [9.17, 15) is 32.3 Å². The van der Waals surface area contributed by atoms with Gasteiger partial charge in [0.1, 0.15) is 5.54 Å². The van der Waals surface area contributed by atoms with Crippen molar-refractivity contribution in [2.75, 3.05) is 27.7 Å². The second-order valence-electron chi connectivity index (χ2n) is 10.5. The molecule has 4 atom stereocenters. The molecule has 0 aromatic heterocycles. The van der Waals surface area contributed by atoms with E-state index in [1.807, 2.05) is 12.1 Å². The summed E-state index contributed by atoms with van der Waals surface area (Å²) in [5, 5.41) is 10.3. The van der Waals surface area contributed by atoms with Crippen LogP contribution in [-0.2, 0) is 29.3 Å². The summed E-state index contributed by atoms with van der Waals surface area (Å²) >= 11 is 0. The van der Waals surface area contributed by atoms with Crippen LogP contribution in [0.25, 0.3) is 0 Å². The zero-order valence-corrected chi connectivity index (χ0v) is 22.2. The minimum absolute atomic E-state index is 0.0179. The van der Waals surface area contributed by atoms with Gasteiger partial charge >= 0.3 is 18.1 Å². The van der Waals surface area contributed by atoms with Gasteiger partial charge in [0.05, 0.1) is 18.9 Å². The molecule has 0 radical (unpaired) electrons. The minimum Gasteiger partial charge on any atom is -0.475 e. The molecule has 13 heteroatoms. The van der Waals surface area contributed by atoms with Gasteiger partial charge < -0.3 is 14.7 Å². The highest BCUT2D eigenvalue weighted by atomic mass is 19.4. The van der Waals surface area contributed by atoms with Crippen molar-refractivity contribution < 1.29 is 47.0 Å². The molecule has 0 unspecified atom stereocenters. The first-order chi connectivity index (χ1) is 17.3. The van der Waals surface area contributed by atoms with Crippen molar-refractivity contribution in [2.45, 2.75) is 50.9 Å². The van der Waals surface area contributed by atoms with E-state index in [0.29, 0.717) is 5.56 Å². The molecule has 2 saturated heterocycles. The first kappa shape index (κ1) is 30.7. The number of carbonyl (C=O) groups is 5. The van der Waals surface area contributed by atoms with Crippen molar-refractivity contribution in [3.63, 3.8) is 0 Å². The number of rotatable bonds is 4. The average Bonchev–Trinajstić information content (AvgIpc) is 3.25. The normalized spacial score (nSPS) is 24.9. The fraction of sp³-hybridized carbons (Fsp3) is 0.560. The van der Waals surface area contributed by atoms with Gasteiger partial charge in [0.15, 0.2) is 0 Å². The smallest absolute Gasteiger partial charge is 0.475 e. The lowest BCUT2D eigenvalue weighted by molar-refractivity contribution is -0.192. The second-order valence-corrected chi connectivity index (χ2v) is 10.5. The predicted molar refractivity (Wildman–Crippen MR) is 128 cm³/mol.